The van der Waals surface area contributed by atoms with Crippen LogP contribution in [-0.2, 0) is 0 Å². The molecular weight excluding hydrogens is 446 g/mol. The molecule has 1 aromatic heterocycles. The maximum absolute atomic E-state index is 12.5. The summed E-state index contributed by atoms with van der Waals surface area (Å²) in [6, 6.07) is 25.1. The van der Waals surface area contributed by atoms with Gasteiger partial charge < -0.3 is 5.11 Å². The van der Waals surface area contributed by atoms with Gasteiger partial charge in [-0.2, -0.15) is 5.10 Å². The molecule has 0 aliphatic carbocycles. The van der Waals surface area contributed by atoms with Crippen molar-refractivity contribution in [2.24, 2.45) is 0 Å². The maximum Gasteiger partial charge on any atom is 1.00 e. The van der Waals surface area contributed by atoms with Gasteiger partial charge in [-0.15, -0.1) is 0 Å². The molecule has 26 heavy (non-hydrogen) atoms. The van der Waals surface area contributed by atoms with E-state index < -0.39 is 0 Å². The second-order valence-corrected chi connectivity index (χ2v) is 6.79. The van der Waals surface area contributed by atoms with Crippen LogP contribution in [0.4, 0.5) is 0 Å². The predicted octanol–water partition coefficient (Wildman–Crippen LogP) is 1.89. The zero-order valence-electron chi connectivity index (χ0n) is 14.3. The van der Waals surface area contributed by atoms with Crippen LogP contribution in [0.1, 0.15) is 0 Å². The quantitative estimate of drug-likeness (QED) is 0.346. The summed E-state index contributed by atoms with van der Waals surface area (Å²) < 4.78 is 2.96. The van der Waals surface area contributed by atoms with Crippen molar-refractivity contribution in [3.8, 4) is 33.8 Å². The third-order valence-corrected chi connectivity index (χ3v) is 5.02. The average Bonchev–Trinajstić information content (AvgIpc) is 3.08. The van der Waals surface area contributed by atoms with Crippen LogP contribution in [-0.4, -0.2) is 9.78 Å². The Morgan fingerprint density at radius 2 is 1.35 bits per heavy atom. The van der Waals surface area contributed by atoms with Crippen molar-refractivity contribution in [1.29, 1.82) is 0 Å². The molecule has 3 nitrogen and oxygen atoms in total. The standard InChI is InChI=1S/C21H15IN2O.Na/c22-19-12-6-4-10-16(19)18-14-23-24(15-8-2-1-3-9-15)21(18)17-11-5-7-13-20(17)25;/h1-14,25H;/q;+1/p-1. The Bertz CT molecular complexity index is 1030. The van der Waals surface area contributed by atoms with E-state index >= 15 is 0 Å². The molecule has 0 saturated carbocycles. The Labute approximate surface area is 188 Å². The Balaban J connectivity index is 0.00000196. The third-order valence-electron chi connectivity index (χ3n) is 4.08. The van der Waals surface area contributed by atoms with Crippen LogP contribution in [0.25, 0.3) is 28.1 Å². The fourth-order valence-electron chi connectivity index (χ4n) is 2.91. The summed E-state index contributed by atoms with van der Waals surface area (Å²) in [5.41, 5.74) is 4.43. The molecule has 0 aliphatic heterocycles. The number of benzene rings is 3. The number of rotatable bonds is 3. The molecule has 0 amide bonds. The van der Waals surface area contributed by atoms with E-state index in [0.29, 0.717) is 5.56 Å². The number of hydrogen-bond donors (Lipinski definition) is 0. The molecule has 0 saturated heterocycles. The molecule has 0 radical (unpaired) electrons. The van der Waals surface area contributed by atoms with Crippen molar-refractivity contribution in [2.75, 3.05) is 0 Å². The van der Waals surface area contributed by atoms with Gasteiger partial charge >= 0.3 is 29.6 Å². The first-order valence-corrected chi connectivity index (χ1v) is 8.98. The summed E-state index contributed by atoms with van der Waals surface area (Å²) in [6.07, 6.45) is 1.84. The molecule has 0 N–H and O–H groups in total. The van der Waals surface area contributed by atoms with E-state index in [0.717, 1.165) is 26.1 Å². The second-order valence-electron chi connectivity index (χ2n) is 5.63. The molecule has 3 aromatic carbocycles. The van der Waals surface area contributed by atoms with Crippen LogP contribution in [0, 0.1) is 3.57 Å². The predicted molar refractivity (Wildman–Crippen MR) is 107 cm³/mol. The van der Waals surface area contributed by atoms with Crippen molar-refractivity contribution in [3.63, 3.8) is 0 Å². The molecule has 0 aliphatic rings. The van der Waals surface area contributed by atoms with Crippen LogP contribution in [0.15, 0.2) is 85.1 Å². The fraction of sp³-hybridized carbons (Fsp3) is 0. The van der Waals surface area contributed by atoms with Crippen LogP contribution >= 0.6 is 22.6 Å². The topological polar surface area (TPSA) is 40.9 Å². The second kappa shape index (κ2) is 8.39. The van der Waals surface area contributed by atoms with Crippen LogP contribution in [0.3, 0.4) is 0 Å². The molecule has 4 aromatic rings. The minimum Gasteiger partial charge on any atom is -0.872 e. The molecular formula is C21H14IN2NaO. The Morgan fingerprint density at radius 3 is 2.04 bits per heavy atom. The van der Waals surface area contributed by atoms with Gasteiger partial charge in [0.25, 0.3) is 0 Å². The van der Waals surface area contributed by atoms with Gasteiger partial charge in [0.2, 0.25) is 0 Å². The van der Waals surface area contributed by atoms with Crippen LogP contribution in [0.5, 0.6) is 5.75 Å². The van der Waals surface area contributed by atoms with E-state index in [-0.39, 0.29) is 35.3 Å². The van der Waals surface area contributed by atoms with E-state index in [2.05, 4.69) is 39.8 Å². The number of hydrogen-bond acceptors (Lipinski definition) is 2. The number of halogens is 1. The zero-order chi connectivity index (χ0) is 17.2. The summed E-state index contributed by atoms with van der Waals surface area (Å²) in [4.78, 5) is 0. The molecule has 4 rings (SSSR count). The minimum atomic E-state index is -0.00706. The van der Waals surface area contributed by atoms with Crippen LogP contribution < -0.4 is 34.7 Å². The van der Waals surface area contributed by atoms with Gasteiger partial charge in [-0.1, -0.05) is 66.4 Å². The number of aromatic nitrogens is 2. The summed E-state index contributed by atoms with van der Waals surface area (Å²) >= 11 is 2.32. The monoisotopic (exact) mass is 460 g/mol. The molecule has 0 spiro atoms. The first-order valence-electron chi connectivity index (χ1n) is 7.90. The van der Waals surface area contributed by atoms with E-state index in [1.54, 1.807) is 12.1 Å². The van der Waals surface area contributed by atoms with Gasteiger partial charge in [0, 0.05) is 9.13 Å². The average molecular weight is 460 g/mol. The number of para-hydroxylation sites is 2. The fourth-order valence-corrected chi connectivity index (χ4v) is 3.59. The maximum atomic E-state index is 12.5. The van der Waals surface area contributed by atoms with Crippen molar-refractivity contribution >= 4 is 22.6 Å². The minimum absolute atomic E-state index is 0. The van der Waals surface area contributed by atoms with Gasteiger partial charge in [0.05, 0.1) is 17.6 Å². The normalized spacial score (nSPS) is 10.3. The molecule has 122 valence electrons. The molecule has 0 fully saturated rings. The summed E-state index contributed by atoms with van der Waals surface area (Å²) in [5.74, 6) is -0.00706. The summed E-state index contributed by atoms with van der Waals surface area (Å²) in [6.45, 7) is 0. The van der Waals surface area contributed by atoms with Gasteiger partial charge in [0.15, 0.2) is 0 Å². The van der Waals surface area contributed by atoms with Crippen LogP contribution in [0.2, 0.25) is 0 Å². The van der Waals surface area contributed by atoms with E-state index in [4.69, 9.17) is 0 Å². The van der Waals surface area contributed by atoms with Crippen molar-refractivity contribution in [1.82, 2.24) is 9.78 Å². The van der Waals surface area contributed by atoms with Gasteiger partial charge in [0.1, 0.15) is 0 Å². The smallest absolute Gasteiger partial charge is 0.872 e. The van der Waals surface area contributed by atoms with Crippen molar-refractivity contribution in [2.45, 2.75) is 0 Å². The Morgan fingerprint density at radius 1 is 0.731 bits per heavy atom. The third kappa shape index (κ3) is 3.60. The Hall–Kier alpha value is -1.60. The molecule has 5 heteroatoms. The van der Waals surface area contributed by atoms with Gasteiger partial charge in [-0.05, 0) is 51.9 Å². The largest absolute Gasteiger partial charge is 1.00 e. The summed E-state index contributed by atoms with van der Waals surface area (Å²) in [7, 11) is 0. The zero-order valence-corrected chi connectivity index (χ0v) is 18.4. The van der Waals surface area contributed by atoms with Crippen molar-refractivity contribution < 1.29 is 34.7 Å². The van der Waals surface area contributed by atoms with Gasteiger partial charge in [-0.3, -0.25) is 0 Å². The van der Waals surface area contributed by atoms with Crippen molar-refractivity contribution in [3.05, 3.63) is 88.6 Å². The molecule has 0 atom stereocenters. The first-order chi connectivity index (χ1) is 12.3. The van der Waals surface area contributed by atoms with Gasteiger partial charge in [-0.25, -0.2) is 4.68 Å². The SMILES string of the molecule is [Na+].[O-]c1ccccc1-c1c(-c2ccccc2I)cnn1-c1ccccc1. The van der Waals surface area contributed by atoms with E-state index in [1.165, 1.54) is 0 Å². The van der Waals surface area contributed by atoms with E-state index in [9.17, 15) is 5.11 Å². The number of nitrogens with zero attached hydrogens (tertiary/aromatic N) is 2. The summed E-state index contributed by atoms with van der Waals surface area (Å²) in [5, 5.41) is 17.1. The Kier molecular flexibility index (Phi) is 6.19. The van der Waals surface area contributed by atoms with E-state index in [1.807, 2.05) is 65.5 Å². The first kappa shape index (κ1) is 19.2. The molecule has 0 unspecified atom stereocenters. The molecule has 0 bridgehead atoms. The molecule has 1 heterocycles.